The molecule has 0 unspecified atom stereocenters. The minimum Gasteiger partial charge on any atom is -0.325 e. The van der Waals surface area contributed by atoms with E-state index in [0.717, 1.165) is 12.1 Å². The van der Waals surface area contributed by atoms with Crippen molar-refractivity contribution in [3.63, 3.8) is 0 Å². The van der Waals surface area contributed by atoms with E-state index in [1.165, 1.54) is 22.2 Å². The Kier molecular flexibility index (Phi) is 6.75. The van der Waals surface area contributed by atoms with Crippen molar-refractivity contribution in [1.82, 2.24) is 0 Å². The van der Waals surface area contributed by atoms with Crippen molar-refractivity contribution in [1.29, 1.82) is 0 Å². The molecule has 0 fully saturated rings. The van der Waals surface area contributed by atoms with Crippen LogP contribution in [0, 0.1) is 0 Å². The predicted octanol–water partition coefficient (Wildman–Crippen LogP) is 4.93. The summed E-state index contributed by atoms with van der Waals surface area (Å²) >= 11 is 7.44. The van der Waals surface area contributed by atoms with Crippen molar-refractivity contribution in [3.8, 4) is 0 Å². The highest BCUT2D eigenvalue weighted by atomic mass is 35.5. The maximum atomic E-state index is 12.3. The van der Waals surface area contributed by atoms with E-state index in [0.29, 0.717) is 21.8 Å². The van der Waals surface area contributed by atoms with Crippen LogP contribution in [-0.2, 0) is 9.59 Å². The maximum Gasteiger partial charge on any atom is 0.254 e. The lowest BCUT2D eigenvalue weighted by molar-refractivity contribution is -0.116. The van der Waals surface area contributed by atoms with E-state index < -0.39 is 0 Å². The van der Waals surface area contributed by atoms with Gasteiger partial charge in [-0.05, 0) is 42.2 Å². The van der Waals surface area contributed by atoms with Gasteiger partial charge in [0.15, 0.2) is 5.17 Å². The Morgan fingerprint density at radius 3 is 2.64 bits per heavy atom. The quantitative estimate of drug-likeness (QED) is 0.727. The molecule has 2 aromatic rings. The smallest absolute Gasteiger partial charge is 0.254 e. The number of halogens is 1. The van der Waals surface area contributed by atoms with Gasteiger partial charge in [-0.2, -0.15) is 0 Å². The molecule has 28 heavy (non-hydrogen) atoms. The number of carbonyl (C=O) groups is 2. The van der Waals surface area contributed by atoms with Crippen molar-refractivity contribution >= 4 is 51.7 Å². The average molecular weight is 416 g/mol. The summed E-state index contributed by atoms with van der Waals surface area (Å²) in [7, 11) is 0. The summed E-state index contributed by atoms with van der Waals surface area (Å²) in [6, 6.07) is 15.0. The molecule has 1 aliphatic rings. The van der Waals surface area contributed by atoms with Gasteiger partial charge in [-0.15, -0.1) is 0 Å². The van der Waals surface area contributed by atoms with Crippen LogP contribution in [0.3, 0.4) is 0 Å². The van der Waals surface area contributed by atoms with E-state index in [2.05, 4.69) is 24.2 Å². The first-order valence-electron chi connectivity index (χ1n) is 9.14. The number of hydrogen-bond acceptors (Lipinski definition) is 4. The summed E-state index contributed by atoms with van der Waals surface area (Å²) < 4.78 is 0. The Morgan fingerprint density at radius 1 is 1.25 bits per heavy atom. The van der Waals surface area contributed by atoms with Crippen LogP contribution < -0.4 is 10.2 Å². The Morgan fingerprint density at radius 2 is 1.96 bits per heavy atom. The summed E-state index contributed by atoms with van der Waals surface area (Å²) in [5.41, 5.74) is 2.59. The highest BCUT2D eigenvalue weighted by Crippen LogP contribution is 2.30. The van der Waals surface area contributed by atoms with Crippen LogP contribution in [0.2, 0.25) is 5.02 Å². The molecule has 0 saturated heterocycles. The first kappa shape index (κ1) is 20.4. The number of thioether (sulfide) groups is 1. The Bertz CT molecular complexity index is 899. The Labute approximate surface area is 174 Å². The van der Waals surface area contributed by atoms with E-state index in [1.54, 1.807) is 18.2 Å². The van der Waals surface area contributed by atoms with Crippen LogP contribution in [0.5, 0.6) is 0 Å². The summed E-state index contributed by atoms with van der Waals surface area (Å²) in [6.45, 7) is 4.39. The third kappa shape index (κ3) is 4.75. The molecule has 0 aromatic heterocycles. The molecule has 2 aromatic carbocycles. The molecular weight excluding hydrogens is 394 g/mol. The predicted molar refractivity (Wildman–Crippen MR) is 117 cm³/mol. The molecule has 0 radical (unpaired) electrons. The molecule has 0 aliphatic carbocycles. The van der Waals surface area contributed by atoms with E-state index in [9.17, 15) is 9.59 Å². The fourth-order valence-corrected chi connectivity index (χ4v) is 3.86. The largest absolute Gasteiger partial charge is 0.325 e. The van der Waals surface area contributed by atoms with Crippen LogP contribution in [-0.4, -0.2) is 29.3 Å². The van der Waals surface area contributed by atoms with Gasteiger partial charge < -0.3 is 5.32 Å². The second-order valence-electron chi connectivity index (χ2n) is 6.55. The highest BCUT2D eigenvalue weighted by molar-refractivity contribution is 8.14. The van der Waals surface area contributed by atoms with Gasteiger partial charge in [0.1, 0.15) is 6.54 Å². The molecule has 7 heteroatoms. The van der Waals surface area contributed by atoms with Gasteiger partial charge in [0, 0.05) is 5.69 Å². The molecule has 3 rings (SSSR count). The molecule has 0 spiro atoms. The molecule has 2 amide bonds. The van der Waals surface area contributed by atoms with Crippen molar-refractivity contribution in [3.05, 3.63) is 59.1 Å². The monoisotopic (exact) mass is 415 g/mol. The van der Waals surface area contributed by atoms with Gasteiger partial charge in [0.2, 0.25) is 5.91 Å². The fourth-order valence-electron chi connectivity index (χ4n) is 2.82. The van der Waals surface area contributed by atoms with Gasteiger partial charge in [0.25, 0.3) is 5.91 Å². The van der Waals surface area contributed by atoms with E-state index in [-0.39, 0.29) is 24.1 Å². The van der Waals surface area contributed by atoms with E-state index in [1.807, 2.05) is 30.3 Å². The minimum absolute atomic E-state index is 0.0618. The number of carbonyl (C=O) groups excluding carboxylic acids is 2. The van der Waals surface area contributed by atoms with Gasteiger partial charge in [-0.25, -0.2) is 0 Å². The Balaban J connectivity index is 1.59. The molecule has 146 valence electrons. The number of nitrogens with zero attached hydrogens (tertiary/aromatic N) is 2. The topological polar surface area (TPSA) is 61.8 Å². The zero-order chi connectivity index (χ0) is 20.1. The Hall–Kier alpha value is -2.31. The van der Waals surface area contributed by atoms with E-state index >= 15 is 0 Å². The van der Waals surface area contributed by atoms with Gasteiger partial charge in [-0.3, -0.25) is 19.5 Å². The lowest BCUT2D eigenvalue weighted by atomic mass is 9.99. The number of nitrogens with one attached hydrogen (secondary N) is 1. The van der Waals surface area contributed by atoms with Gasteiger partial charge >= 0.3 is 0 Å². The first-order valence-corrected chi connectivity index (χ1v) is 10.5. The molecule has 1 aliphatic heterocycles. The second kappa shape index (κ2) is 9.26. The molecule has 1 N–H and O–H groups in total. The number of anilines is 2. The molecule has 0 bridgehead atoms. The number of aliphatic imine (C=N–C) groups is 1. The molecule has 5 nitrogen and oxygen atoms in total. The van der Waals surface area contributed by atoms with E-state index in [4.69, 9.17) is 11.6 Å². The lowest BCUT2D eigenvalue weighted by Gasteiger charge is -2.19. The third-order valence-electron chi connectivity index (χ3n) is 4.59. The molecule has 1 heterocycles. The van der Waals surface area contributed by atoms with Crippen molar-refractivity contribution in [2.75, 3.05) is 22.5 Å². The van der Waals surface area contributed by atoms with Crippen LogP contribution >= 0.6 is 23.4 Å². The molecule has 1 atom stereocenters. The lowest BCUT2D eigenvalue weighted by Crippen LogP contribution is -2.31. The average Bonchev–Trinajstić information content (AvgIpc) is 3.07. The number of rotatable bonds is 6. The first-order chi connectivity index (χ1) is 13.5. The number of hydrogen-bond donors (Lipinski definition) is 1. The summed E-state index contributed by atoms with van der Waals surface area (Å²) in [5, 5.41) is 3.84. The standard InChI is InChI=1S/C21H22ClN3O2S/c1-3-14(2)15-8-10-16(11-9-15)24-19(26)13-28-21-23-12-20(27)25(21)18-7-5-4-6-17(18)22/h4-11,14H,3,12-13H2,1-2H3,(H,24,26)/t14-/m0/s1. The second-order valence-corrected chi connectivity index (χ2v) is 7.90. The number of amides is 2. The number of amidine groups is 1. The zero-order valence-electron chi connectivity index (χ0n) is 15.8. The SMILES string of the molecule is CC[C@H](C)c1ccc(NC(=O)CSC2=NCC(=O)N2c2ccccc2Cl)cc1. The number of para-hydroxylation sites is 1. The minimum atomic E-state index is -0.156. The number of benzene rings is 2. The summed E-state index contributed by atoms with van der Waals surface area (Å²) in [4.78, 5) is 30.3. The normalized spacial score (nSPS) is 14.8. The van der Waals surface area contributed by atoms with Gasteiger partial charge in [-0.1, -0.05) is 61.5 Å². The summed E-state index contributed by atoms with van der Waals surface area (Å²) in [5.74, 6) is 0.341. The van der Waals surface area contributed by atoms with Crippen molar-refractivity contribution in [2.24, 2.45) is 4.99 Å². The van der Waals surface area contributed by atoms with Crippen LogP contribution in [0.15, 0.2) is 53.5 Å². The third-order valence-corrected chi connectivity index (χ3v) is 5.89. The van der Waals surface area contributed by atoms with Crippen LogP contribution in [0.4, 0.5) is 11.4 Å². The van der Waals surface area contributed by atoms with Gasteiger partial charge in [0.05, 0.1) is 16.5 Å². The maximum absolute atomic E-state index is 12.3. The van der Waals surface area contributed by atoms with Crippen molar-refractivity contribution < 1.29 is 9.59 Å². The van der Waals surface area contributed by atoms with Crippen molar-refractivity contribution in [2.45, 2.75) is 26.2 Å². The summed E-state index contributed by atoms with van der Waals surface area (Å²) in [6.07, 6.45) is 1.07. The van der Waals surface area contributed by atoms with Crippen LogP contribution in [0.25, 0.3) is 0 Å². The molecular formula is C21H22ClN3O2S. The zero-order valence-corrected chi connectivity index (χ0v) is 17.4. The highest BCUT2D eigenvalue weighted by Gasteiger charge is 2.29. The van der Waals surface area contributed by atoms with Crippen LogP contribution in [0.1, 0.15) is 31.7 Å². The fraction of sp³-hybridized carbons (Fsp3) is 0.286. The molecule has 0 saturated carbocycles.